The SMILES string of the molecule is O=C[C@]12CCC[C@H](CC1)N2C(=O)c1ccccc1. The lowest BCUT2D eigenvalue weighted by atomic mass is 9.89. The van der Waals surface area contributed by atoms with Crippen LogP contribution in [0.5, 0.6) is 0 Å². The molecular weight excluding hydrogens is 226 g/mol. The monoisotopic (exact) mass is 243 g/mol. The van der Waals surface area contributed by atoms with Crippen LogP contribution in [0.1, 0.15) is 42.5 Å². The molecule has 3 nitrogen and oxygen atoms in total. The summed E-state index contributed by atoms with van der Waals surface area (Å²) in [7, 11) is 0. The Morgan fingerprint density at radius 1 is 1.22 bits per heavy atom. The number of fused-ring (bicyclic) bond motifs is 2. The van der Waals surface area contributed by atoms with Crippen LogP contribution in [0, 0.1) is 0 Å². The lowest BCUT2D eigenvalue weighted by Gasteiger charge is -2.41. The van der Waals surface area contributed by atoms with Gasteiger partial charge < -0.3 is 9.69 Å². The quantitative estimate of drug-likeness (QED) is 0.748. The van der Waals surface area contributed by atoms with Gasteiger partial charge in [-0.2, -0.15) is 0 Å². The molecule has 3 rings (SSSR count). The van der Waals surface area contributed by atoms with Crippen molar-refractivity contribution >= 4 is 12.2 Å². The molecule has 2 heterocycles. The van der Waals surface area contributed by atoms with Crippen LogP contribution in [0.3, 0.4) is 0 Å². The molecule has 0 unspecified atom stereocenters. The van der Waals surface area contributed by atoms with Crippen molar-refractivity contribution in [3.05, 3.63) is 35.9 Å². The topological polar surface area (TPSA) is 37.4 Å². The first-order valence-corrected chi connectivity index (χ1v) is 6.62. The smallest absolute Gasteiger partial charge is 0.254 e. The van der Waals surface area contributed by atoms with Gasteiger partial charge in [-0.05, 0) is 44.2 Å². The van der Waals surface area contributed by atoms with Crippen molar-refractivity contribution in [3.63, 3.8) is 0 Å². The summed E-state index contributed by atoms with van der Waals surface area (Å²) in [6.07, 6.45) is 5.73. The van der Waals surface area contributed by atoms with Crippen molar-refractivity contribution < 1.29 is 9.59 Å². The zero-order chi connectivity index (χ0) is 12.6. The summed E-state index contributed by atoms with van der Waals surface area (Å²) in [5.41, 5.74) is 0.174. The predicted octanol–water partition coefficient (Wildman–Crippen LogP) is 2.41. The minimum absolute atomic E-state index is 0.0184. The fourth-order valence-corrected chi connectivity index (χ4v) is 3.45. The van der Waals surface area contributed by atoms with Gasteiger partial charge in [0.25, 0.3) is 5.91 Å². The average molecular weight is 243 g/mol. The standard InChI is InChI=1S/C15H17NO2/c17-11-15-9-4-7-13(8-10-15)16(15)14(18)12-5-2-1-3-6-12/h1-3,5-6,11,13H,4,7-10H2/t13-,15+/m1/s1. The molecule has 2 fully saturated rings. The molecule has 0 spiro atoms. The summed E-state index contributed by atoms with van der Waals surface area (Å²) in [5, 5.41) is 0. The first-order chi connectivity index (χ1) is 8.77. The number of aldehydes is 1. The van der Waals surface area contributed by atoms with E-state index in [1.54, 1.807) is 0 Å². The van der Waals surface area contributed by atoms with Crippen molar-refractivity contribution in [1.82, 2.24) is 4.90 Å². The number of piperidine rings is 1. The predicted molar refractivity (Wildman–Crippen MR) is 68.3 cm³/mol. The summed E-state index contributed by atoms with van der Waals surface area (Å²) in [5.74, 6) is 0.0184. The van der Waals surface area contributed by atoms with Gasteiger partial charge in [0.15, 0.2) is 0 Å². The van der Waals surface area contributed by atoms with E-state index >= 15 is 0 Å². The Labute approximate surface area is 107 Å². The maximum absolute atomic E-state index is 12.6. The second-order valence-corrected chi connectivity index (χ2v) is 5.35. The van der Waals surface area contributed by atoms with Gasteiger partial charge in [0, 0.05) is 11.6 Å². The highest BCUT2D eigenvalue weighted by Gasteiger charge is 2.51. The molecule has 94 valence electrons. The molecule has 2 aliphatic heterocycles. The third kappa shape index (κ3) is 1.57. The van der Waals surface area contributed by atoms with Crippen molar-refractivity contribution in [2.75, 3.05) is 0 Å². The molecule has 0 aliphatic carbocycles. The number of hydrogen-bond donors (Lipinski definition) is 0. The van der Waals surface area contributed by atoms with Crippen molar-refractivity contribution in [3.8, 4) is 0 Å². The molecule has 2 atom stereocenters. The van der Waals surface area contributed by atoms with Crippen LogP contribution in [0.25, 0.3) is 0 Å². The molecule has 3 heteroatoms. The van der Waals surface area contributed by atoms with Gasteiger partial charge in [0.2, 0.25) is 0 Å². The summed E-state index contributed by atoms with van der Waals surface area (Å²) >= 11 is 0. The third-order valence-electron chi connectivity index (χ3n) is 4.36. The van der Waals surface area contributed by atoms with Gasteiger partial charge in [-0.25, -0.2) is 0 Å². The Bertz CT molecular complexity index is 467. The van der Waals surface area contributed by atoms with Crippen LogP contribution >= 0.6 is 0 Å². The molecule has 0 radical (unpaired) electrons. The second kappa shape index (κ2) is 4.23. The normalized spacial score (nSPS) is 30.2. The summed E-state index contributed by atoms with van der Waals surface area (Å²) in [4.78, 5) is 25.9. The van der Waals surface area contributed by atoms with Gasteiger partial charge in [-0.3, -0.25) is 4.79 Å². The van der Waals surface area contributed by atoms with Crippen LogP contribution in [0.4, 0.5) is 0 Å². The molecule has 0 saturated carbocycles. The van der Waals surface area contributed by atoms with Crippen LogP contribution in [-0.2, 0) is 4.79 Å². The maximum atomic E-state index is 12.6. The van der Waals surface area contributed by atoms with E-state index in [4.69, 9.17) is 0 Å². The highest BCUT2D eigenvalue weighted by atomic mass is 16.2. The highest BCUT2D eigenvalue weighted by molar-refractivity contribution is 5.97. The number of carbonyl (C=O) groups excluding carboxylic acids is 2. The van der Waals surface area contributed by atoms with Crippen LogP contribution in [0.15, 0.2) is 30.3 Å². The van der Waals surface area contributed by atoms with E-state index in [9.17, 15) is 9.59 Å². The Morgan fingerprint density at radius 2 is 2.00 bits per heavy atom. The summed E-state index contributed by atoms with van der Waals surface area (Å²) in [6, 6.07) is 9.55. The molecule has 18 heavy (non-hydrogen) atoms. The number of amides is 1. The van der Waals surface area contributed by atoms with Crippen LogP contribution in [-0.4, -0.2) is 28.7 Å². The van der Waals surface area contributed by atoms with E-state index in [0.29, 0.717) is 5.56 Å². The van der Waals surface area contributed by atoms with Crippen LogP contribution < -0.4 is 0 Å². The molecule has 1 aromatic carbocycles. The van der Waals surface area contributed by atoms with Gasteiger partial charge in [-0.1, -0.05) is 18.2 Å². The molecule has 2 saturated heterocycles. The number of benzene rings is 1. The maximum Gasteiger partial charge on any atom is 0.254 e. The van der Waals surface area contributed by atoms with E-state index in [0.717, 1.165) is 38.4 Å². The molecule has 0 aromatic heterocycles. The fourth-order valence-electron chi connectivity index (χ4n) is 3.45. The molecule has 2 aliphatic rings. The number of rotatable bonds is 2. The molecular formula is C15H17NO2. The number of carbonyl (C=O) groups is 2. The third-order valence-corrected chi connectivity index (χ3v) is 4.36. The number of nitrogens with zero attached hydrogens (tertiary/aromatic N) is 1. The van der Waals surface area contributed by atoms with E-state index < -0.39 is 5.54 Å². The van der Waals surface area contributed by atoms with E-state index in [1.807, 2.05) is 35.2 Å². The Hall–Kier alpha value is -1.64. The largest absolute Gasteiger partial charge is 0.323 e. The molecule has 0 N–H and O–H groups in total. The first-order valence-electron chi connectivity index (χ1n) is 6.62. The van der Waals surface area contributed by atoms with Crippen LogP contribution in [0.2, 0.25) is 0 Å². The van der Waals surface area contributed by atoms with E-state index in [2.05, 4.69) is 0 Å². The summed E-state index contributed by atoms with van der Waals surface area (Å²) < 4.78 is 0. The van der Waals surface area contributed by atoms with Gasteiger partial charge in [0.05, 0.1) is 5.54 Å². The first kappa shape index (κ1) is 11.5. The lowest BCUT2D eigenvalue weighted by molar-refractivity contribution is -0.118. The Balaban J connectivity index is 1.96. The van der Waals surface area contributed by atoms with Gasteiger partial charge in [0.1, 0.15) is 6.29 Å². The average Bonchev–Trinajstić information content (AvgIpc) is 2.66. The summed E-state index contributed by atoms with van der Waals surface area (Å²) in [6.45, 7) is 0. The van der Waals surface area contributed by atoms with Crippen molar-refractivity contribution in [1.29, 1.82) is 0 Å². The second-order valence-electron chi connectivity index (χ2n) is 5.35. The minimum Gasteiger partial charge on any atom is -0.323 e. The lowest BCUT2D eigenvalue weighted by Crippen LogP contribution is -2.54. The van der Waals surface area contributed by atoms with E-state index in [1.165, 1.54) is 0 Å². The Morgan fingerprint density at radius 3 is 2.72 bits per heavy atom. The van der Waals surface area contributed by atoms with Gasteiger partial charge >= 0.3 is 0 Å². The zero-order valence-corrected chi connectivity index (χ0v) is 10.3. The van der Waals surface area contributed by atoms with Gasteiger partial charge in [-0.15, -0.1) is 0 Å². The van der Waals surface area contributed by atoms with E-state index in [-0.39, 0.29) is 11.9 Å². The highest BCUT2D eigenvalue weighted by Crippen LogP contribution is 2.43. The Kier molecular flexibility index (Phi) is 2.69. The molecule has 1 aromatic rings. The molecule has 1 amide bonds. The number of hydrogen-bond acceptors (Lipinski definition) is 2. The molecule has 2 bridgehead atoms. The van der Waals surface area contributed by atoms with Crippen molar-refractivity contribution in [2.24, 2.45) is 0 Å². The zero-order valence-electron chi connectivity index (χ0n) is 10.3. The van der Waals surface area contributed by atoms with Crippen molar-refractivity contribution in [2.45, 2.75) is 43.7 Å². The fraction of sp³-hybridized carbons (Fsp3) is 0.467. The minimum atomic E-state index is -0.518.